The highest BCUT2D eigenvalue weighted by molar-refractivity contribution is 5.94. The smallest absolute Gasteiger partial charge is 0.451 e. The van der Waals surface area contributed by atoms with E-state index in [1.54, 1.807) is 36.4 Å². The number of alkyl halides is 3. The average molecular weight is 618 g/mol. The summed E-state index contributed by atoms with van der Waals surface area (Å²) in [6, 6.07) is 10.5. The Morgan fingerprint density at radius 2 is 1.43 bits per heavy atom. The van der Waals surface area contributed by atoms with Crippen LogP contribution < -0.4 is 25.6 Å². The third-order valence-electron chi connectivity index (χ3n) is 7.34. The molecule has 3 aromatic rings. The molecule has 0 unspecified atom stereocenters. The van der Waals surface area contributed by atoms with Gasteiger partial charge in [-0.1, -0.05) is 103 Å². The number of carbonyl (C=O) groups is 1. The van der Waals surface area contributed by atoms with E-state index >= 15 is 0 Å². The van der Waals surface area contributed by atoms with Crippen molar-refractivity contribution in [2.75, 3.05) is 24.5 Å². The molecule has 0 atom stereocenters. The number of hydrogen-bond donors (Lipinski definition) is 3. The summed E-state index contributed by atoms with van der Waals surface area (Å²) in [4.78, 5) is 19.7. The van der Waals surface area contributed by atoms with Crippen molar-refractivity contribution in [3.05, 3.63) is 48.3 Å². The van der Waals surface area contributed by atoms with Crippen molar-refractivity contribution >= 4 is 28.4 Å². The van der Waals surface area contributed by atoms with Crippen LogP contribution in [0, 0.1) is 0 Å². The fraction of sp³-hybridized carbons (Fsp3) is 0.545. The minimum absolute atomic E-state index is 0.0888. The van der Waals surface area contributed by atoms with Crippen molar-refractivity contribution in [1.29, 1.82) is 0 Å². The van der Waals surface area contributed by atoms with Crippen molar-refractivity contribution in [2.45, 2.75) is 103 Å². The second-order valence-electron chi connectivity index (χ2n) is 10.9. The van der Waals surface area contributed by atoms with Crippen LogP contribution in [-0.4, -0.2) is 29.7 Å². The number of nitrogens with zero attached hydrogens (tertiary/aromatic N) is 2. The standard InChI is InChI=1S/C33H46F3N5O3/c1-3-4-5-6-7-8-9-10-11-12-13-14-15-18-23-44-25-21-22-28(29(24-25)43-2)38-32(42)41-40-30-26-19-16-17-20-27(26)37-31(39-30)33(34,35)36/h16-17,19-22,24H,3-15,18,23H2,1-2H3,(H,37,39,40)(H2,38,41,42). The molecule has 0 bridgehead atoms. The predicted molar refractivity (Wildman–Crippen MR) is 169 cm³/mol. The van der Waals surface area contributed by atoms with Gasteiger partial charge in [0.15, 0.2) is 5.82 Å². The number of rotatable bonds is 20. The highest BCUT2D eigenvalue weighted by Crippen LogP contribution is 2.31. The van der Waals surface area contributed by atoms with Crippen molar-refractivity contribution in [3.8, 4) is 11.5 Å². The van der Waals surface area contributed by atoms with Gasteiger partial charge >= 0.3 is 12.2 Å². The van der Waals surface area contributed by atoms with Gasteiger partial charge < -0.3 is 14.8 Å². The van der Waals surface area contributed by atoms with Gasteiger partial charge in [0.1, 0.15) is 11.5 Å². The molecule has 2 amide bonds. The van der Waals surface area contributed by atoms with Crippen LogP contribution in [0.3, 0.4) is 0 Å². The molecule has 11 heteroatoms. The number of ether oxygens (including phenoxy) is 2. The number of hydrazine groups is 1. The molecule has 1 heterocycles. The summed E-state index contributed by atoms with van der Waals surface area (Å²) in [5, 5.41) is 2.93. The number of hydrogen-bond acceptors (Lipinski definition) is 6. The van der Waals surface area contributed by atoms with Crippen LogP contribution >= 0.6 is 0 Å². The van der Waals surface area contributed by atoms with Crippen LogP contribution in [-0.2, 0) is 6.18 Å². The molecule has 0 aliphatic rings. The van der Waals surface area contributed by atoms with Crippen LogP contribution in [0.5, 0.6) is 11.5 Å². The maximum Gasteiger partial charge on any atom is 0.451 e. The average Bonchev–Trinajstić information content (AvgIpc) is 3.01. The molecule has 242 valence electrons. The zero-order valence-electron chi connectivity index (χ0n) is 25.9. The van der Waals surface area contributed by atoms with Crippen molar-refractivity contribution < 1.29 is 27.4 Å². The number of carbonyl (C=O) groups excluding carboxylic acids is 1. The molecule has 8 nitrogen and oxygen atoms in total. The number of anilines is 2. The van der Waals surface area contributed by atoms with Crippen LogP contribution in [0.25, 0.3) is 10.9 Å². The quantitative estimate of drug-likeness (QED) is 0.0863. The maximum absolute atomic E-state index is 13.3. The lowest BCUT2D eigenvalue weighted by atomic mass is 10.0. The SMILES string of the molecule is CCCCCCCCCCCCCCCCOc1ccc(NC(=O)NNc2nc(C(F)(F)F)nc3ccccc23)c(OC)c1. The lowest BCUT2D eigenvalue weighted by Gasteiger charge is -2.15. The summed E-state index contributed by atoms with van der Waals surface area (Å²) in [5.41, 5.74) is 5.23. The molecular formula is C33H46F3N5O3. The number of unbranched alkanes of at least 4 members (excludes halogenated alkanes) is 13. The molecule has 1 aromatic heterocycles. The minimum atomic E-state index is -4.74. The number of aromatic nitrogens is 2. The van der Waals surface area contributed by atoms with Gasteiger partial charge in [0.2, 0.25) is 5.82 Å². The van der Waals surface area contributed by atoms with Gasteiger partial charge in [-0.15, -0.1) is 0 Å². The largest absolute Gasteiger partial charge is 0.494 e. The van der Waals surface area contributed by atoms with Gasteiger partial charge in [0, 0.05) is 11.5 Å². The van der Waals surface area contributed by atoms with Gasteiger partial charge in [0.05, 0.1) is 24.9 Å². The Kier molecular flexibility index (Phi) is 14.8. The second-order valence-corrected chi connectivity index (χ2v) is 10.9. The molecule has 0 aliphatic carbocycles. The Labute approximate surface area is 258 Å². The van der Waals surface area contributed by atoms with Crippen molar-refractivity contribution in [1.82, 2.24) is 15.4 Å². The van der Waals surface area contributed by atoms with Crippen molar-refractivity contribution in [3.63, 3.8) is 0 Å². The van der Waals surface area contributed by atoms with Crippen LogP contribution in [0.1, 0.15) is 103 Å². The van der Waals surface area contributed by atoms with Gasteiger partial charge in [-0.2, -0.15) is 13.2 Å². The minimum Gasteiger partial charge on any atom is -0.494 e. The number of fused-ring (bicyclic) bond motifs is 1. The number of amides is 2. The number of halogens is 3. The Balaban J connectivity index is 1.35. The van der Waals surface area contributed by atoms with E-state index in [9.17, 15) is 18.0 Å². The summed E-state index contributed by atoms with van der Waals surface area (Å²) in [5.74, 6) is -0.497. The predicted octanol–water partition coefficient (Wildman–Crippen LogP) is 9.67. The Morgan fingerprint density at radius 3 is 2.05 bits per heavy atom. The number of para-hydroxylation sites is 1. The molecule has 0 aliphatic heterocycles. The summed E-state index contributed by atoms with van der Waals surface area (Å²) in [6.45, 7) is 2.84. The third kappa shape index (κ3) is 12.1. The van der Waals surface area contributed by atoms with Gasteiger partial charge in [0.25, 0.3) is 0 Å². The number of nitrogens with one attached hydrogen (secondary N) is 3. The van der Waals surface area contributed by atoms with E-state index in [0.29, 0.717) is 29.2 Å². The first-order valence-electron chi connectivity index (χ1n) is 15.8. The maximum atomic E-state index is 13.3. The fourth-order valence-corrected chi connectivity index (χ4v) is 4.92. The molecule has 0 saturated carbocycles. The molecule has 3 rings (SSSR count). The Morgan fingerprint density at radius 1 is 0.818 bits per heavy atom. The second kappa shape index (κ2) is 18.8. The molecule has 0 radical (unpaired) electrons. The first kappa shape index (κ1) is 34.7. The highest BCUT2D eigenvalue weighted by atomic mass is 19.4. The number of methoxy groups -OCH3 is 1. The number of benzene rings is 2. The topological polar surface area (TPSA) is 97.4 Å². The number of urea groups is 1. The first-order chi connectivity index (χ1) is 21.3. The van der Waals surface area contributed by atoms with E-state index in [1.807, 2.05) is 0 Å². The Hall–Kier alpha value is -3.76. The summed E-state index contributed by atoms with van der Waals surface area (Å²) in [6.07, 6.45) is 13.4. The summed E-state index contributed by atoms with van der Waals surface area (Å²) >= 11 is 0. The zero-order valence-corrected chi connectivity index (χ0v) is 25.9. The van der Waals surface area contributed by atoms with Crippen LogP contribution in [0.4, 0.5) is 29.5 Å². The first-order valence-corrected chi connectivity index (χ1v) is 15.8. The Bertz CT molecular complexity index is 1290. The third-order valence-corrected chi connectivity index (χ3v) is 7.34. The highest BCUT2D eigenvalue weighted by Gasteiger charge is 2.35. The molecule has 0 spiro atoms. The van der Waals surface area contributed by atoms with Gasteiger partial charge in [-0.25, -0.2) is 14.8 Å². The normalized spacial score (nSPS) is 11.4. The monoisotopic (exact) mass is 617 g/mol. The van der Waals surface area contributed by atoms with E-state index in [2.05, 4.69) is 33.1 Å². The lowest BCUT2D eigenvalue weighted by Crippen LogP contribution is -2.34. The van der Waals surface area contributed by atoms with Gasteiger partial charge in [-0.05, 0) is 30.7 Å². The van der Waals surface area contributed by atoms with Crippen molar-refractivity contribution in [2.24, 2.45) is 0 Å². The van der Waals surface area contributed by atoms with E-state index in [-0.39, 0.29) is 11.3 Å². The molecular weight excluding hydrogens is 571 g/mol. The summed E-state index contributed by atoms with van der Waals surface area (Å²) in [7, 11) is 1.47. The molecule has 44 heavy (non-hydrogen) atoms. The van der Waals surface area contributed by atoms with E-state index < -0.39 is 18.0 Å². The zero-order chi connectivity index (χ0) is 31.6. The van der Waals surface area contributed by atoms with Gasteiger partial charge in [-0.3, -0.25) is 10.9 Å². The van der Waals surface area contributed by atoms with E-state index in [4.69, 9.17) is 9.47 Å². The summed E-state index contributed by atoms with van der Waals surface area (Å²) < 4.78 is 51.1. The molecule has 0 fully saturated rings. The molecule has 2 aromatic carbocycles. The fourth-order valence-electron chi connectivity index (χ4n) is 4.92. The molecule has 3 N–H and O–H groups in total. The van der Waals surface area contributed by atoms with E-state index in [1.165, 1.54) is 90.2 Å². The van der Waals surface area contributed by atoms with Crippen LogP contribution in [0.2, 0.25) is 0 Å². The van der Waals surface area contributed by atoms with Crippen LogP contribution in [0.15, 0.2) is 42.5 Å². The van der Waals surface area contributed by atoms with E-state index in [0.717, 1.165) is 12.8 Å². The molecule has 0 saturated heterocycles. The lowest BCUT2D eigenvalue weighted by molar-refractivity contribution is -0.144.